The van der Waals surface area contributed by atoms with Gasteiger partial charge in [0, 0.05) is 38.1 Å². The quantitative estimate of drug-likeness (QED) is 0.331. The Kier molecular flexibility index (Phi) is 7.71. The van der Waals surface area contributed by atoms with E-state index in [1.54, 1.807) is 54.6 Å². The van der Waals surface area contributed by atoms with Crippen LogP contribution in [0.4, 0.5) is 8.78 Å². The van der Waals surface area contributed by atoms with E-state index < -0.39 is 0 Å². The Hall–Kier alpha value is -2.49. The van der Waals surface area contributed by atoms with Crippen molar-refractivity contribution in [3.63, 3.8) is 0 Å². The van der Waals surface area contributed by atoms with Crippen LogP contribution in [-0.2, 0) is 13.1 Å². The summed E-state index contributed by atoms with van der Waals surface area (Å²) in [4.78, 5) is 8.01. The third-order valence-corrected chi connectivity index (χ3v) is 3.88. The highest BCUT2D eigenvalue weighted by Crippen LogP contribution is 2.15. The lowest BCUT2D eigenvalue weighted by atomic mass is 10.2. The Labute approximate surface area is 173 Å². The molecule has 0 aliphatic heterocycles. The number of halogens is 3. The van der Waals surface area contributed by atoms with Gasteiger partial charge in [0.15, 0.2) is 5.96 Å². The van der Waals surface area contributed by atoms with Gasteiger partial charge in [-0.2, -0.15) is 0 Å². The van der Waals surface area contributed by atoms with Gasteiger partial charge in [-0.3, -0.25) is 4.99 Å². The molecule has 0 aliphatic carbocycles. The molecule has 0 radical (unpaired) electrons. The van der Waals surface area contributed by atoms with Gasteiger partial charge in [-0.1, -0.05) is 24.3 Å². The van der Waals surface area contributed by atoms with Crippen LogP contribution in [0.15, 0.2) is 66.2 Å². The number of imidazole rings is 1. The molecule has 0 atom stereocenters. The van der Waals surface area contributed by atoms with Crippen molar-refractivity contribution < 1.29 is 8.78 Å². The average Bonchev–Trinajstić information content (AvgIpc) is 3.17. The highest BCUT2D eigenvalue weighted by molar-refractivity contribution is 14.0. The SMILES string of the molecule is CN=C(NCc1ccc(-n2ccnc2)c(F)c1)NCc1ccccc1F.I. The molecule has 142 valence electrons. The molecule has 2 N–H and O–H groups in total. The first kappa shape index (κ1) is 20.8. The summed E-state index contributed by atoms with van der Waals surface area (Å²) in [5.74, 6) is -0.100. The number of guanidine groups is 1. The van der Waals surface area contributed by atoms with Crippen molar-refractivity contribution in [3.05, 3.63) is 83.9 Å². The van der Waals surface area contributed by atoms with Crippen molar-refractivity contribution >= 4 is 29.9 Å². The van der Waals surface area contributed by atoms with Crippen LogP contribution >= 0.6 is 24.0 Å². The average molecular weight is 483 g/mol. The number of hydrogen-bond donors (Lipinski definition) is 2. The standard InChI is InChI=1S/C19H19F2N5.HI/c1-22-19(25-12-15-4-2-3-5-16(15)20)24-11-14-6-7-18(17(21)10-14)26-9-8-23-13-26;/h2-10,13H,11-12H2,1H3,(H2,22,24,25);1H. The third kappa shape index (κ3) is 5.49. The Bertz CT molecular complexity index is 897. The van der Waals surface area contributed by atoms with E-state index in [0.717, 1.165) is 5.56 Å². The van der Waals surface area contributed by atoms with Crippen LogP contribution in [0.2, 0.25) is 0 Å². The van der Waals surface area contributed by atoms with Crippen LogP contribution in [0.5, 0.6) is 0 Å². The highest BCUT2D eigenvalue weighted by atomic mass is 127. The van der Waals surface area contributed by atoms with E-state index >= 15 is 0 Å². The van der Waals surface area contributed by atoms with Gasteiger partial charge in [0.05, 0.1) is 12.0 Å². The second-order valence-electron chi connectivity index (χ2n) is 5.63. The van der Waals surface area contributed by atoms with Gasteiger partial charge in [0.1, 0.15) is 11.6 Å². The smallest absolute Gasteiger partial charge is 0.191 e. The first-order chi connectivity index (χ1) is 12.7. The number of nitrogens with one attached hydrogen (secondary N) is 2. The molecule has 0 aliphatic rings. The second-order valence-corrected chi connectivity index (χ2v) is 5.63. The molecular weight excluding hydrogens is 463 g/mol. The predicted molar refractivity (Wildman–Crippen MR) is 112 cm³/mol. The zero-order valence-electron chi connectivity index (χ0n) is 14.7. The molecule has 0 amide bonds. The zero-order chi connectivity index (χ0) is 18.4. The van der Waals surface area contributed by atoms with Crippen LogP contribution < -0.4 is 10.6 Å². The first-order valence-corrected chi connectivity index (χ1v) is 8.12. The van der Waals surface area contributed by atoms with Gasteiger partial charge in [0.25, 0.3) is 0 Å². The molecule has 3 aromatic rings. The lowest BCUT2D eigenvalue weighted by molar-refractivity contribution is 0.604. The number of aromatic nitrogens is 2. The van der Waals surface area contributed by atoms with E-state index in [9.17, 15) is 8.78 Å². The normalized spacial score (nSPS) is 11.0. The number of hydrogen-bond acceptors (Lipinski definition) is 2. The van der Waals surface area contributed by atoms with Crippen molar-refractivity contribution in [3.8, 4) is 5.69 Å². The molecule has 0 fully saturated rings. The van der Waals surface area contributed by atoms with Gasteiger partial charge < -0.3 is 15.2 Å². The van der Waals surface area contributed by atoms with Crippen LogP contribution in [0.25, 0.3) is 5.69 Å². The summed E-state index contributed by atoms with van der Waals surface area (Å²) in [7, 11) is 1.62. The summed E-state index contributed by atoms with van der Waals surface area (Å²) in [6, 6.07) is 11.5. The zero-order valence-corrected chi connectivity index (χ0v) is 17.0. The van der Waals surface area contributed by atoms with Gasteiger partial charge in [-0.05, 0) is 23.8 Å². The van der Waals surface area contributed by atoms with Gasteiger partial charge in [-0.25, -0.2) is 13.8 Å². The number of aliphatic imine (C=N–C) groups is 1. The first-order valence-electron chi connectivity index (χ1n) is 8.12. The third-order valence-electron chi connectivity index (χ3n) is 3.88. The van der Waals surface area contributed by atoms with E-state index in [-0.39, 0.29) is 35.6 Å². The van der Waals surface area contributed by atoms with Crippen LogP contribution in [0.1, 0.15) is 11.1 Å². The molecule has 3 rings (SSSR count). The van der Waals surface area contributed by atoms with Crippen LogP contribution in [-0.4, -0.2) is 22.6 Å². The van der Waals surface area contributed by atoms with E-state index in [0.29, 0.717) is 30.3 Å². The number of benzene rings is 2. The summed E-state index contributed by atoms with van der Waals surface area (Å²) in [5, 5.41) is 6.13. The summed E-state index contributed by atoms with van der Waals surface area (Å²) in [6.45, 7) is 0.693. The Morgan fingerprint density at radius 3 is 2.52 bits per heavy atom. The van der Waals surface area contributed by atoms with Crippen molar-refractivity contribution in [2.75, 3.05) is 7.05 Å². The Morgan fingerprint density at radius 2 is 1.85 bits per heavy atom. The fourth-order valence-electron chi connectivity index (χ4n) is 2.50. The maximum absolute atomic E-state index is 14.3. The van der Waals surface area contributed by atoms with E-state index in [1.807, 2.05) is 6.07 Å². The van der Waals surface area contributed by atoms with Gasteiger partial charge in [-0.15, -0.1) is 24.0 Å². The number of rotatable bonds is 5. The highest BCUT2D eigenvalue weighted by Gasteiger charge is 2.07. The summed E-state index contributed by atoms with van der Waals surface area (Å²) in [6.07, 6.45) is 4.83. The van der Waals surface area contributed by atoms with Gasteiger partial charge >= 0.3 is 0 Å². The molecule has 27 heavy (non-hydrogen) atoms. The van der Waals surface area contributed by atoms with E-state index in [1.165, 1.54) is 12.1 Å². The van der Waals surface area contributed by atoms with Crippen LogP contribution in [0.3, 0.4) is 0 Å². The largest absolute Gasteiger partial charge is 0.352 e. The molecule has 0 saturated carbocycles. The molecule has 0 unspecified atom stereocenters. The number of nitrogens with zero attached hydrogens (tertiary/aromatic N) is 3. The summed E-state index contributed by atoms with van der Waals surface area (Å²) in [5.41, 5.74) is 1.75. The Morgan fingerprint density at radius 1 is 1.07 bits per heavy atom. The predicted octanol–water partition coefficient (Wildman–Crippen LogP) is 3.63. The minimum Gasteiger partial charge on any atom is -0.352 e. The fraction of sp³-hybridized carbons (Fsp3) is 0.158. The Balaban J connectivity index is 0.00000261. The lowest BCUT2D eigenvalue weighted by Crippen LogP contribution is -2.36. The maximum Gasteiger partial charge on any atom is 0.191 e. The molecular formula is C19H20F2IN5. The molecule has 2 aromatic carbocycles. The second kappa shape index (κ2) is 10.0. The molecule has 0 spiro atoms. The summed E-state index contributed by atoms with van der Waals surface area (Å²) < 4.78 is 29.5. The van der Waals surface area contributed by atoms with Crippen molar-refractivity contribution in [2.45, 2.75) is 13.1 Å². The molecule has 0 saturated heterocycles. The van der Waals surface area contributed by atoms with E-state index in [2.05, 4.69) is 20.6 Å². The van der Waals surface area contributed by atoms with Crippen molar-refractivity contribution in [1.82, 2.24) is 20.2 Å². The molecule has 1 aromatic heterocycles. The topological polar surface area (TPSA) is 54.2 Å². The molecule has 5 nitrogen and oxygen atoms in total. The van der Waals surface area contributed by atoms with Crippen LogP contribution in [0, 0.1) is 11.6 Å². The molecule has 8 heteroatoms. The van der Waals surface area contributed by atoms with Gasteiger partial charge in [0.2, 0.25) is 0 Å². The fourth-order valence-corrected chi connectivity index (χ4v) is 2.50. The lowest BCUT2D eigenvalue weighted by Gasteiger charge is -2.13. The van der Waals surface area contributed by atoms with E-state index in [4.69, 9.17) is 0 Å². The maximum atomic E-state index is 14.3. The minimum absolute atomic E-state index is 0. The monoisotopic (exact) mass is 483 g/mol. The van der Waals surface area contributed by atoms with Crippen molar-refractivity contribution in [1.29, 1.82) is 0 Å². The minimum atomic E-state index is -0.336. The molecule has 0 bridgehead atoms. The summed E-state index contributed by atoms with van der Waals surface area (Å²) >= 11 is 0. The molecule has 1 heterocycles. The van der Waals surface area contributed by atoms with Crippen molar-refractivity contribution in [2.24, 2.45) is 4.99 Å².